The molecule has 0 radical (unpaired) electrons. The highest BCUT2D eigenvalue weighted by Gasteiger charge is 2.56. The van der Waals surface area contributed by atoms with Crippen molar-refractivity contribution in [2.24, 2.45) is 17.3 Å². The van der Waals surface area contributed by atoms with E-state index in [9.17, 15) is 19.1 Å². The summed E-state index contributed by atoms with van der Waals surface area (Å²) in [6.45, 7) is 1.69. The second kappa shape index (κ2) is 7.04. The number of hydrogen-bond acceptors (Lipinski definition) is 4. The summed E-state index contributed by atoms with van der Waals surface area (Å²) in [7, 11) is 0. The molecule has 146 valence electrons. The molecule has 0 spiro atoms. The van der Waals surface area contributed by atoms with Gasteiger partial charge in [-0.05, 0) is 30.5 Å². The van der Waals surface area contributed by atoms with Crippen molar-refractivity contribution in [3.63, 3.8) is 0 Å². The average Bonchev–Trinajstić information content (AvgIpc) is 3.28. The molecule has 8 heteroatoms. The van der Waals surface area contributed by atoms with E-state index in [0.29, 0.717) is 44.8 Å². The number of aliphatic carboxylic acids is 1. The number of carboxylic acids is 1. The van der Waals surface area contributed by atoms with Crippen LogP contribution in [0.5, 0.6) is 0 Å². The van der Waals surface area contributed by atoms with E-state index in [1.165, 1.54) is 12.1 Å². The minimum Gasteiger partial charge on any atom is -0.481 e. The SMILES string of the molecule is O=C([C@@H]1CCO[C@H]1c1ccc(Cl)c(F)c1)N1C[C@H]2COCC[C@@]2(C(=O)O)C1. The Morgan fingerprint density at radius 2 is 2.15 bits per heavy atom. The Balaban J connectivity index is 1.55. The van der Waals surface area contributed by atoms with Crippen molar-refractivity contribution in [2.75, 3.05) is 32.9 Å². The highest BCUT2D eigenvalue weighted by molar-refractivity contribution is 6.30. The summed E-state index contributed by atoms with van der Waals surface area (Å²) in [6.07, 6.45) is 0.374. The summed E-state index contributed by atoms with van der Waals surface area (Å²) >= 11 is 5.75. The van der Waals surface area contributed by atoms with Crippen LogP contribution in [0, 0.1) is 23.1 Å². The van der Waals surface area contributed by atoms with Crippen molar-refractivity contribution in [1.29, 1.82) is 0 Å². The first-order chi connectivity index (χ1) is 12.9. The molecule has 1 aromatic carbocycles. The fourth-order valence-electron chi connectivity index (χ4n) is 4.56. The third-order valence-electron chi connectivity index (χ3n) is 6.13. The maximum atomic E-state index is 13.8. The van der Waals surface area contributed by atoms with Gasteiger partial charge in [-0.2, -0.15) is 0 Å². The van der Waals surface area contributed by atoms with Gasteiger partial charge < -0.3 is 19.5 Å². The fourth-order valence-corrected chi connectivity index (χ4v) is 4.68. The first-order valence-electron chi connectivity index (χ1n) is 9.09. The zero-order chi connectivity index (χ0) is 19.2. The second-order valence-electron chi connectivity index (χ2n) is 7.56. The molecule has 6 nitrogen and oxygen atoms in total. The van der Waals surface area contributed by atoms with E-state index in [1.54, 1.807) is 11.0 Å². The summed E-state index contributed by atoms with van der Waals surface area (Å²) in [6, 6.07) is 4.42. The van der Waals surface area contributed by atoms with Crippen LogP contribution in [-0.2, 0) is 19.1 Å². The zero-order valence-corrected chi connectivity index (χ0v) is 15.5. The summed E-state index contributed by atoms with van der Waals surface area (Å²) in [4.78, 5) is 26.7. The molecule has 4 rings (SSSR count). The van der Waals surface area contributed by atoms with E-state index in [4.69, 9.17) is 21.1 Å². The molecule has 3 fully saturated rings. The van der Waals surface area contributed by atoms with Gasteiger partial charge >= 0.3 is 5.97 Å². The Kier molecular flexibility index (Phi) is 4.86. The third-order valence-corrected chi connectivity index (χ3v) is 6.43. The molecule has 0 unspecified atom stereocenters. The van der Waals surface area contributed by atoms with Crippen molar-refractivity contribution < 1.29 is 28.6 Å². The lowest BCUT2D eigenvalue weighted by atomic mass is 9.74. The van der Waals surface area contributed by atoms with Crippen LogP contribution in [0.15, 0.2) is 18.2 Å². The van der Waals surface area contributed by atoms with Crippen molar-refractivity contribution in [1.82, 2.24) is 4.90 Å². The van der Waals surface area contributed by atoms with E-state index in [-0.39, 0.29) is 23.4 Å². The quantitative estimate of drug-likeness (QED) is 0.848. The van der Waals surface area contributed by atoms with Gasteiger partial charge in [0.15, 0.2) is 0 Å². The Morgan fingerprint density at radius 1 is 1.33 bits per heavy atom. The predicted octanol–water partition coefficient (Wildman–Crippen LogP) is 2.51. The normalized spacial score (nSPS) is 33.1. The monoisotopic (exact) mass is 397 g/mol. The molecule has 1 N–H and O–H groups in total. The summed E-state index contributed by atoms with van der Waals surface area (Å²) < 4.78 is 25.0. The molecule has 0 aromatic heterocycles. The number of carbonyl (C=O) groups is 2. The van der Waals surface area contributed by atoms with Crippen LogP contribution in [0.25, 0.3) is 0 Å². The minimum atomic E-state index is -0.935. The lowest BCUT2D eigenvalue weighted by Gasteiger charge is -2.34. The van der Waals surface area contributed by atoms with Gasteiger partial charge in [-0.25, -0.2) is 4.39 Å². The number of ether oxygens (including phenoxy) is 2. The number of rotatable bonds is 3. The van der Waals surface area contributed by atoms with Crippen molar-refractivity contribution in [3.8, 4) is 0 Å². The number of hydrogen-bond donors (Lipinski definition) is 1. The number of halogens is 2. The average molecular weight is 398 g/mol. The van der Waals surface area contributed by atoms with Crippen LogP contribution in [0.4, 0.5) is 4.39 Å². The second-order valence-corrected chi connectivity index (χ2v) is 7.97. The smallest absolute Gasteiger partial charge is 0.311 e. The molecular formula is C19H21ClFNO5. The molecule has 27 heavy (non-hydrogen) atoms. The highest BCUT2D eigenvalue weighted by Crippen LogP contribution is 2.44. The number of benzene rings is 1. The Bertz CT molecular complexity index is 774. The van der Waals surface area contributed by atoms with E-state index in [2.05, 4.69) is 0 Å². The molecule has 3 heterocycles. The third kappa shape index (κ3) is 3.11. The summed E-state index contributed by atoms with van der Waals surface area (Å²) in [5, 5.41) is 9.80. The van der Waals surface area contributed by atoms with Gasteiger partial charge in [0, 0.05) is 32.2 Å². The molecule has 1 amide bonds. The van der Waals surface area contributed by atoms with Crippen LogP contribution in [0.2, 0.25) is 5.02 Å². The lowest BCUT2D eigenvalue weighted by Crippen LogP contribution is -2.45. The van der Waals surface area contributed by atoms with E-state index in [1.807, 2.05) is 0 Å². The number of fused-ring (bicyclic) bond motifs is 1. The van der Waals surface area contributed by atoms with Crippen molar-refractivity contribution >= 4 is 23.5 Å². The van der Waals surface area contributed by atoms with Gasteiger partial charge in [-0.1, -0.05) is 17.7 Å². The topological polar surface area (TPSA) is 76.1 Å². The van der Waals surface area contributed by atoms with Gasteiger partial charge in [-0.3, -0.25) is 9.59 Å². The largest absolute Gasteiger partial charge is 0.481 e. The molecule has 3 aliphatic heterocycles. The standard InChI is InChI=1S/C19H21ClFNO5/c20-14-2-1-11(7-15(14)21)16-13(3-5-27-16)17(23)22-8-12-9-26-6-4-19(12,10-22)18(24)25/h1-2,7,12-13,16H,3-6,8-10H2,(H,24,25)/t12-,13+,16-,19+/m0/s1. The maximum absolute atomic E-state index is 13.8. The maximum Gasteiger partial charge on any atom is 0.311 e. The number of carbonyl (C=O) groups excluding carboxylic acids is 1. The number of likely N-dealkylation sites (tertiary alicyclic amines) is 1. The van der Waals surface area contributed by atoms with Crippen LogP contribution in [-0.4, -0.2) is 54.8 Å². The van der Waals surface area contributed by atoms with Crippen molar-refractivity contribution in [3.05, 3.63) is 34.6 Å². The molecule has 0 saturated carbocycles. The van der Waals surface area contributed by atoms with Crippen LogP contribution in [0.1, 0.15) is 24.5 Å². The van der Waals surface area contributed by atoms with Gasteiger partial charge in [0.2, 0.25) is 5.91 Å². The number of nitrogens with zero attached hydrogens (tertiary/aromatic N) is 1. The van der Waals surface area contributed by atoms with E-state index < -0.39 is 29.2 Å². The fraction of sp³-hybridized carbons (Fsp3) is 0.579. The number of amides is 1. The van der Waals surface area contributed by atoms with Gasteiger partial charge in [-0.15, -0.1) is 0 Å². The molecule has 0 aliphatic carbocycles. The van der Waals surface area contributed by atoms with Crippen molar-refractivity contribution in [2.45, 2.75) is 18.9 Å². The molecule has 1 aromatic rings. The first-order valence-corrected chi connectivity index (χ1v) is 9.46. The molecule has 3 saturated heterocycles. The van der Waals surface area contributed by atoms with Gasteiger partial charge in [0.05, 0.1) is 29.1 Å². The predicted molar refractivity (Wildman–Crippen MR) is 93.8 cm³/mol. The summed E-state index contributed by atoms with van der Waals surface area (Å²) in [5.41, 5.74) is -0.365. The van der Waals surface area contributed by atoms with E-state index in [0.717, 1.165) is 0 Å². The minimum absolute atomic E-state index is 0.0200. The van der Waals surface area contributed by atoms with Crippen LogP contribution >= 0.6 is 11.6 Å². The molecule has 4 atom stereocenters. The Labute approximate surface area is 161 Å². The molecule has 3 aliphatic rings. The lowest BCUT2D eigenvalue weighted by molar-refractivity contribution is -0.157. The first kappa shape index (κ1) is 18.7. The van der Waals surface area contributed by atoms with E-state index >= 15 is 0 Å². The Hall–Kier alpha value is -1.70. The van der Waals surface area contributed by atoms with Gasteiger partial charge in [0.25, 0.3) is 0 Å². The van der Waals surface area contributed by atoms with Crippen LogP contribution in [0.3, 0.4) is 0 Å². The van der Waals surface area contributed by atoms with Crippen LogP contribution < -0.4 is 0 Å². The van der Waals surface area contributed by atoms with Gasteiger partial charge in [0.1, 0.15) is 5.82 Å². The highest BCUT2D eigenvalue weighted by atomic mass is 35.5. The molecular weight excluding hydrogens is 377 g/mol. The molecule has 0 bridgehead atoms. The zero-order valence-electron chi connectivity index (χ0n) is 14.7. The Morgan fingerprint density at radius 3 is 2.85 bits per heavy atom. The summed E-state index contributed by atoms with van der Waals surface area (Å²) in [5.74, 6) is -2.23. The number of carboxylic acid groups (broad SMARTS) is 1.